The van der Waals surface area contributed by atoms with E-state index in [1.165, 1.54) is 11.9 Å². The molecule has 2 aromatic rings. The summed E-state index contributed by atoms with van der Waals surface area (Å²) in [6, 6.07) is 10.5. The van der Waals surface area contributed by atoms with Crippen molar-refractivity contribution >= 4 is 11.6 Å². The number of nitro groups is 1. The van der Waals surface area contributed by atoms with Crippen molar-refractivity contribution in [2.24, 2.45) is 7.05 Å². The third-order valence-corrected chi connectivity index (χ3v) is 3.95. The first-order valence-electron chi connectivity index (χ1n) is 7.32. The van der Waals surface area contributed by atoms with Crippen LogP contribution in [0.1, 0.15) is 12.0 Å². The smallest absolute Gasteiger partial charge is 0.360 e. The second-order valence-electron chi connectivity index (χ2n) is 5.64. The SMILES string of the molecule is Cn1cnc([N+](=O)[O-])c1NC1CCN(Cc2ccccc2)C1. The summed E-state index contributed by atoms with van der Waals surface area (Å²) in [7, 11) is 1.76. The van der Waals surface area contributed by atoms with Crippen molar-refractivity contribution < 1.29 is 4.92 Å². The zero-order valence-corrected chi connectivity index (χ0v) is 12.5. The van der Waals surface area contributed by atoms with Crippen LogP contribution in [0.5, 0.6) is 0 Å². The van der Waals surface area contributed by atoms with Gasteiger partial charge < -0.3 is 15.4 Å². The van der Waals surface area contributed by atoms with E-state index in [1.54, 1.807) is 11.6 Å². The Morgan fingerprint density at radius 3 is 2.91 bits per heavy atom. The molecule has 0 saturated carbocycles. The number of anilines is 1. The summed E-state index contributed by atoms with van der Waals surface area (Å²) >= 11 is 0. The average Bonchev–Trinajstić information content (AvgIpc) is 3.08. The minimum Gasteiger partial charge on any atom is -0.360 e. The second kappa shape index (κ2) is 6.15. The van der Waals surface area contributed by atoms with Crippen LogP contribution in [0.25, 0.3) is 0 Å². The fourth-order valence-corrected chi connectivity index (χ4v) is 2.85. The molecule has 1 aliphatic rings. The van der Waals surface area contributed by atoms with E-state index >= 15 is 0 Å². The highest BCUT2D eigenvalue weighted by molar-refractivity contribution is 5.52. The Kier molecular flexibility index (Phi) is 4.06. The Morgan fingerprint density at radius 2 is 2.18 bits per heavy atom. The van der Waals surface area contributed by atoms with E-state index in [4.69, 9.17) is 0 Å². The van der Waals surface area contributed by atoms with Crippen LogP contribution in [-0.2, 0) is 13.6 Å². The number of imidazole rings is 1. The molecule has 0 radical (unpaired) electrons. The molecule has 1 N–H and O–H groups in total. The summed E-state index contributed by atoms with van der Waals surface area (Å²) in [6.07, 6.45) is 2.44. The molecule has 1 aliphatic heterocycles. The molecule has 1 saturated heterocycles. The third kappa shape index (κ3) is 3.09. The van der Waals surface area contributed by atoms with Crippen molar-refractivity contribution in [3.63, 3.8) is 0 Å². The first-order chi connectivity index (χ1) is 10.6. The largest absolute Gasteiger partial charge is 0.406 e. The number of nitrogens with zero attached hydrogens (tertiary/aromatic N) is 4. The normalized spacial score (nSPS) is 18.5. The van der Waals surface area contributed by atoms with Crippen LogP contribution in [0.4, 0.5) is 11.6 Å². The second-order valence-corrected chi connectivity index (χ2v) is 5.64. The summed E-state index contributed by atoms with van der Waals surface area (Å²) in [4.78, 5) is 16.7. The number of hydrogen-bond acceptors (Lipinski definition) is 5. The maximum absolute atomic E-state index is 11.0. The number of hydrogen-bond donors (Lipinski definition) is 1. The first-order valence-corrected chi connectivity index (χ1v) is 7.32. The summed E-state index contributed by atoms with van der Waals surface area (Å²) in [6.45, 7) is 2.77. The maximum atomic E-state index is 11.0. The topological polar surface area (TPSA) is 76.2 Å². The molecule has 22 heavy (non-hydrogen) atoms. The average molecular weight is 301 g/mol. The molecular formula is C15H19N5O2. The molecular weight excluding hydrogens is 282 g/mol. The van der Waals surface area contributed by atoms with Gasteiger partial charge in [0.05, 0.1) is 0 Å². The van der Waals surface area contributed by atoms with E-state index in [2.05, 4.69) is 27.3 Å². The molecule has 0 aliphatic carbocycles. The van der Waals surface area contributed by atoms with Crippen molar-refractivity contribution in [1.29, 1.82) is 0 Å². The molecule has 1 aromatic heterocycles. The Hall–Kier alpha value is -2.41. The molecule has 1 atom stereocenters. The number of aryl methyl sites for hydroxylation is 1. The van der Waals surface area contributed by atoms with Gasteiger partial charge in [-0.1, -0.05) is 30.3 Å². The molecule has 3 rings (SSSR count). The number of aromatic nitrogens is 2. The monoisotopic (exact) mass is 301 g/mol. The fraction of sp³-hybridized carbons (Fsp3) is 0.400. The van der Waals surface area contributed by atoms with Gasteiger partial charge in [0, 0.05) is 32.7 Å². The molecule has 1 fully saturated rings. The van der Waals surface area contributed by atoms with E-state index in [0.717, 1.165) is 26.1 Å². The molecule has 116 valence electrons. The van der Waals surface area contributed by atoms with Gasteiger partial charge >= 0.3 is 5.82 Å². The lowest BCUT2D eigenvalue weighted by molar-refractivity contribution is -0.388. The molecule has 0 bridgehead atoms. The fourth-order valence-electron chi connectivity index (χ4n) is 2.85. The number of likely N-dealkylation sites (tertiary alicyclic amines) is 1. The Labute approximate surface area is 128 Å². The summed E-state index contributed by atoms with van der Waals surface area (Å²) < 4.78 is 1.66. The van der Waals surface area contributed by atoms with Crippen LogP contribution in [0, 0.1) is 10.1 Å². The van der Waals surface area contributed by atoms with Crippen molar-refractivity contribution in [3.05, 3.63) is 52.3 Å². The Bertz CT molecular complexity index is 655. The zero-order chi connectivity index (χ0) is 15.5. The standard InChI is InChI=1S/C15H19N5O2/c1-18-11-16-14(20(21)22)15(18)17-13-7-8-19(10-13)9-12-5-3-2-4-6-12/h2-6,11,13,17H,7-10H2,1H3. The highest BCUT2D eigenvalue weighted by Gasteiger charge is 2.27. The Balaban J connectivity index is 1.62. The quantitative estimate of drug-likeness (QED) is 0.675. The lowest BCUT2D eigenvalue weighted by Crippen LogP contribution is -2.26. The predicted molar refractivity (Wildman–Crippen MR) is 83.6 cm³/mol. The zero-order valence-electron chi connectivity index (χ0n) is 12.5. The maximum Gasteiger partial charge on any atom is 0.406 e. The van der Waals surface area contributed by atoms with Gasteiger partial charge in [-0.2, -0.15) is 0 Å². The molecule has 1 unspecified atom stereocenters. The van der Waals surface area contributed by atoms with Gasteiger partial charge in [-0.05, 0) is 21.9 Å². The minimum atomic E-state index is -0.445. The van der Waals surface area contributed by atoms with Crippen LogP contribution in [0.2, 0.25) is 0 Å². The molecule has 0 amide bonds. The van der Waals surface area contributed by atoms with Crippen molar-refractivity contribution in [2.75, 3.05) is 18.4 Å². The van der Waals surface area contributed by atoms with Crippen LogP contribution < -0.4 is 5.32 Å². The van der Waals surface area contributed by atoms with E-state index in [9.17, 15) is 10.1 Å². The lowest BCUT2D eigenvalue weighted by Gasteiger charge is -2.17. The summed E-state index contributed by atoms with van der Waals surface area (Å²) in [5.74, 6) is 0.376. The van der Waals surface area contributed by atoms with Crippen LogP contribution in [-0.4, -0.2) is 38.5 Å². The molecule has 7 heteroatoms. The minimum absolute atomic E-state index is 0.107. The van der Waals surface area contributed by atoms with Gasteiger partial charge in [0.1, 0.15) is 0 Å². The molecule has 0 spiro atoms. The highest BCUT2D eigenvalue weighted by atomic mass is 16.6. The van der Waals surface area contributed by atoms with Gasteiger partial charge in [-0.3, -0.25) is 9.47 Å². The van der Waals surface area contributed by atoms with Gasteiger partial charge in [0.2, 0.25) is 12.1 Å². The third-order valence-electron chi connectivity index (χ3n) is 3.95. The van der Waals surface area contributed by atoms with Crippen molar-refractivity contribution in [1.82, 2.24) is 14.5 Å². The van der Waals surface area contributed by atoms with E-state index in [0.29, 0.717) is 5.82 Å². The van der Waals surface area contributed by atoms with Gasteiger partial charge in [-0.25, -0.2) is 0 Å². The molecule has 2 heterocycles. The lowest BCUT2D eigenvalue weighted by atomic mass is 10.2. The first kappa shape index (κ1) is 14.5. The summed E-state index contributed by atoms with van der Waals surface area (Å²) in [5.41, 5.74) is 1.29. The number of rotatable bonds is 5. The van der Waals surface area contributed by atoms with Crippen molar-refractivity contribution in [3.8, 4) is 0 Å². The van der Waals surface area contributed by atoms with E-state index in [-0.39, 0.29) is 11.9 Å². The highest BCUT2D eigenvalue weighted by Crippen LogP contribution is 2.24. The Morgan fingerprint density at radius 1 is 1.41 bits per heavy atom. The van der Waals surface area contributed by atoms with Gasteiger partial charge in [0.15, 0.2) is 0 Å². The van der Waals surface area contributed by atoms with E-state index < -0.39 is 4.92 Å². The van der Waals surface area contributed by atoms with Crippen molar-refractivity contribution in [2.45, 2.75) is 19.0 Å². The van der Waals surface area contributed by atoms with E-state index in [1.807, 2.05) is 18.2 Å². The number of nitrogens with one attached hydrogen (secondary N) is 1. The predicted octanol–water partition coefficient (Wildman–Crippen LogP) is 2.01. The number of benzene rings is 1. The van der Waals surface area contributed by atoms with Gasteiger partial charge in [-0.15, -0.1) is 0 Å². The van der Waals surface area contributed by atoms with Crippen LogP contribution in [0.3, 0.4) is 0 Å². The van der Waals surface area contributed by atoms with Gasteiger partial charge in [0.25, 0.3) is 0 Å². The molecule has 1 aromatic carbocycles. The molecule has 7 nitrogen and oxygen atoms in total. The van der Waals surface area contributed by atoms with Crippen LogP contribution >= 0.6 is 0 Å². The van der Waals surface area contributed by atoms with Crippen LogP contribution in [0.15, 0.2) is 36.7 Å². The summed E-state index contributed by atoms with van der Waals surface area (Å²) in [5, 5.41) is 14.3.